The molecule has 0 radical (unpaired) electrons. The van der Waals surface area contributed by atoms with Gasteiger partial charge in [-0.3, -0.25) is 0 Å². The molecule has 1 saturated carbocycles. The van der Waals surface area contributed by atoms with Gasteiger partial charge in [0.1, 0.15) is 0 Å². The van der Waals surface area contributed by atoms with Gasteiger partial charge in [-0.05, 0) is 35.5 Å². The topological polar surface area (TPSA) is 35.2 Å². The van der Waals surface area contributed by atoms with E-state index in [4.69, 9.17) is 10.5 Å². The van der Waals surface area contributed by atoms with Crippen molar-refractivity contribution >= 4 is 0 Å². The fourth-order valence-electron chi connectivity index (χ4n) is 3.58. The Labute approximate surface area is 93.6 Å². The van der Waals surface area contributed by atoms with E-state index in [2.05, 4.69) is 27.7 Å². The highest BCUT2D eigenvalue weighted by atomic mass is 16.5. The van der Waals surface area contributed by atoms with Gasteiger partial charge in [-0.2, -0.15) is 0 Å². The van der Waals surface area contributed by atoms with Crippen LogP contribution in [0.5, 0.6) is 0 Å². The fraction of sp³-hybridized carbons (Fsp3) is 1.00. The number of nitrogens with two attached hydrogens (primary N) is 1. The van der Waals surface area contributed by atoms with Crippen LogP contribution in [0, 0.1) is 22.7 Å². The molecule has 1 atom stereocenters. The molecule has 0 bridgehead atoms. The third-order valence-corrected chi connectivity index (χ3v) is 5.33. The number of ether oxygens (including phenoxy) is 1. The van der Waals surface area contributed by atoms with Gasteiger partial charge in [-0.1, -0.05) is 27.7 Å². The van der Waals surface area contributed by atoms with Crippen LogP contribution in [0.3, 0.4) is 0 Å². The minimum absolute atomic E-state index is 0.374. The first kappa shape index (κ1) is 11.4. The first-order valence-electron chi connectivity index (χ1n) is 6.22. The Kier molecular flexibility index (Phi) is 2.63. The van der Waals surface area contributed by atoms with Crippen molar-refractivity contribution in [2.45, 2.75) is 46.6 Å². The third-order valence-electron chi connectivity index (χ3n) is 5.33. The van der Waals surface area contributed by atoms with E-state index < -0.39 is 0 Å². The van der Waals surface area contributed by atoms with E-state index in [1.54, 1.807) is 0 Å². The lowest BCUT2D eigenvalue weighted by molar-refractivity contribution is 0.0536. The van der Waals surface area contributed by atoms with E-state index in [0.29, 0.717) is 28.7 Å². The van der Waals surface area contributed by atoms with E-state index in [-0.39, 0.29) is 0 Å². The van der Waals surface area contributed by atoms with E-state index in [1.807, 2.05) is 0 Å². The zero-order chi connectivity index (χ0) is 11.3. The van der Waals surface area contributed by atoms with Crippen LogP contribution in [0.4, 0.5) is 0 Å². The molecule has 0 spiro atoms. The summed E-state index contributed by atoms with van der Waals surface area (Å²) in [6.07, 6.45) is 2.31. The van der Waals surface area contributed by atoms with Crippen LogP contribution in [0.25, 0.3) is 0 Å². The SMILES string of the molecule is CC1(C)C(C(N)C2CCOCC2)C1(C)C. The maximum absolute atomic E-state index is 6.45. The maximum Gasteiger partial charge on any atom is 0.0469 e. The van der Waals surface area contributed by atoms with Gasteiger partial charge in [0.05, 0.1) is 0 Å². The Bertz CT molecular complexity index is 227. The van der Waals surface area contributed by atoms with Crippen LogP contribution in [0.15, 0.2) is 0 Å². The zero-order valence-corrected chi connectivity index (χ0v) is 10.5. The summed E-state index contributed by atoms with van der Waals surface area (Å²) in [4.78, 5) is 0. The predicted octanol–water partition coefficient (Wildman–Crippen LogP) is 2.42. The van der Waals surface area contributed by atoms with E-state index in [9.17, 15) is 0 Å². The molecule has 88 valence electrons. The van der Waals surface area contributed by atoms with Crippen LogP contribution in [-0.2, 0) is 4.74 Å². The van der Waals surface area contributed by atoms with Crippen LogP contribution in [0.1, 0.15) is 40.5 Å². The van der Waals surface area contributed by atoms with Gasteiger partial charge >= 0.3 is 0 Å². The minimum Gasteiger partial charge on any atom is -0.381 e. The largest absolute Gasteiger partial charge is 0.381 e. The summed E-state index contributed by atoms with van der Waals surface area (Å²) in [6, 6.07) is 0.374. The molecule has 2 fully saturated rings. The second kappa shape index (κ2) is 3.46. The molecule has 2 nitrogen and oxygen atoms in total. The highest BCUT2D eigenvalue weighted by molar-refractivity contribution is 5.16. The molecule has 1 aliphatic heterocycles. The van der Waals surface area contributed by atoms with Gasteiger partial charge in [-0.25, -0.2) is 0 Å². The molecule has 0 aromatic carbocycles. The Morgan fingerprint density at radius 2 is 1.53 bits per heavy atom. The fourth-order valence-corrected chi connectivity index (χ4v) is 3.58. The summed E-state index contributed by atoms with van der Waals surface area (Å²) in [6.45, 7) is 11.2. The third kappa shape index (κ3) is 1.62. The summed E-state index contributed by atoms with van der Waals surface area (Å²) in [7, 11) is 0. The first-order valence-corrected chi connectivity index (χ1v) is 6.22. The molecule has 2 rings (SSSR count). The number of hydrogen-bond donors (Lipinski definition) is 1. The quantitative estimate of drug-likeness (QED) is 0.761. The van der Waals surface area contributed by atoms with Gasteiger partial charge in [0.15, 0.2) is 0 Å². The zero-order valence-electron chi connectivity index (χ0n) is 10.5. The van der Waals surface area contributed by atoms with Gasteiger partial charge in [-0.15, -0.1) is 0 Å². The smallest absolute Gasteiger partial charge is 0.0469 e. The summed E-state index contributed by atoms with van der Waals surface area (Å²) in [5.41, 5.74) is 7.29. The average Bonchev–Trinajstić information content (AvgIpc) is 2.58. The Morgan fingerprint density at radius 1 is 1.07 bits per heavy atom. The second-order valence-corrected chi connectivity index (χ2v) is 6.45. The highest BCUT2D eigenvalue weighted by Gasteiger charge is 2.67. The second-order valence-electron chi connectivity index (χ2n) is 6.45. The first-order chi connectivity index (χ1) is 6.89. The summed E-state index contributed by atoms with van der Waals surface area (Å²) in [5, 5.41) is 0. The number of rotatable bonds is 2. The van der Waals surface area contributed by atoms with E-state index in [1.165, 1.54) is 0 Å². The maximum atomic E-state index is 6.45. The Hall–Kier alpha value is -0.0800. The summed E-state index contributed by atoms with van der Waals surface area (Å²) < 4.78 is 5.40. The van der Waals surface area contributed by atoms with Gasteiger partial charge < -0.3 is 10.5 Å². The van der Waals surface area contributed by atoms with Crippen molar-refractivity contribution in [2.24, 2.45) is 28.4 Å². The van der Waals surface area contributed by atoms with Crippen molar-refractivity contribution in [1.29, 1.82) is 0 Å². The number of hydrogen-bond acceptors (Lipinski definition) is 2. The lowest BCUT2D eigenvalue weighted by Gasteiger charge is -2.29. The molecule has 1 saturated heterocycles. The Morgan fingerprint density at radius 3 is 1.93 bits per heavy atom. The molecular formula is C13H25NO. The normalized spacial score (nSPS) is 32.6. The molecule has 1 unspecified atom stereocenters. The highest BCUT2D eigenvalue weighted by Crippen LogP contribution is 2.70. The van der Waals surface area contributed by atoms with Crippen molar-refractivity contribution in [1.82, 2.24) is 0 Å². The van der Waals surface area contributed by atoms with Crippen LogP contribution in [0.2, 0.25) is 0 Å². The van der Waals surface area contributed by atoms with Crippen molar-refractivity contribution in [3.05, 3.63) is 0 Å². The van der Waals surface area contributed by atoms with Crippen LogP contribution >= 0.6 is 0 Å². The molecule has 2 aliphatic rings. The van der Waals surface area contributed by atoms with Crippen molar-refractivity contribution < 1.29 is 4.74 Å². The summed E-state index contributed by atoms with van der Waals surface area (Å²) in [5.74, 6) is 1.37. The Balaban J connectivity index is 2.00. The summed E-state index contributed by atoms with van der Waals surface area (Å²) >= 11 is 0. The lowest BCUT2D eigenvalue weighted by atomic mass is 9.86. The average molecular weight is 211 g/mol. The van der Waals surface area contributed by atoms with Crippen LogP contribution < -0.4 is 5.73 Å². The molecule has 0 aromatic rings. The predicted molar refractivity (Wildman–Crippen MR) is 62.6 cm³/mol. The molecule has 1 heterocycles. The van der Waals surface area contributed by atoms with E-state index >= 15 is 0 Å². The molecule has 0 amide bonds. The van der Waals surface area contributed by atoms with Crippen LogP contribution in [-0.4, -0.2) is 19.3 Å². The standard InChI is InChI=1S/C13H25NO/c1-12(2)11(13(12,3)4)10(14)9-5-7-15-8-6-9/h9-11H,5-8,14H2,1-4H3. The van der Waals surface area contributed by atoms with Crippen molar-refractivity contribution in [3.8, 4) is 0 Å². The van der Waals surface area contributed by atoms with Gasteiger partial charge in [0.2, 0.25) is 0 Å². The molecular weight excluding hydrogens is 186 g/mol. The molecule has 0 aromatic heterocycles. The van der Waals surface area contributed by atoms with Crippen molar-refractivity contribution in [3.63, 3.8) is 0 Å². The van der Waals surface area contributed by atoms with Crippen molar-refractivity contribution in [2.75, 3.05) is 13.2 Å². The lowest BCUT2D eigenvalue weighted by Crippen LogP contribution is -2.37. The molecule has 2 N–H and O–H groups in total. The minimum atomic E-state index is 0.374. The van der Waals surface area contributed by atoms with Gasteiger partial charge in [0, 0.05) is 19.3 Å². The molecule has 1 aliphatic carbocycles. The molecule has 2 heteroatoms. The van der Waals surface area contributed by atoms with Gasteiger partial charge in [0.25, 0.3) is 0 Å². The van der Waals surface area contributed by atoms with E-state index in [0.717, 1.165) is 26.1 Å². The monoisotopic (exact) mass is 211 g/mol. The molecule has 15 heavy (non-hydrogen) atoms.